The van der Waals surface area contributed by atoms with Gasteiger partial charge in [-0.05, 0) is 66.6 Å². The van der Waals surface area contributed by atoms with Crippen molar-refractivity contribution in [1.82, 2.24) is 10.2 Å². The molecule has 5 rings (SSSR count). The molecule has 178 valence electrons. The lowest BCUT2D eigenvalue weighted by Crippen LogP contribution is -2.44. The Morgan fingerprint density at radius 2 is 1.69 bits per heavy atom. The van der Waals surface area contributed by atoms with Crippen molar-refractivity contribution in [2.75, 3.05) is 17.7 Å². The van der Waals surface area contributed by atoms with Crippen LogP contribution in [0.4, 0.5) is 5.69 Å². The van der Waals surface area contributed by atoms with E-state index in [9.17, 15) is 14.4 Å². The lowest BCUT2D eigenvalue weighted by Gasteiger charge is -2.26. The second kappa shape index (κ2) is 9.96. The van der Waals surface area contributed by atoms with Crippen molar-refractivity contribution in [3.05, 3.63) is 95.1 Å². The summed E-state index contributed by atoms with van der Waals surface area (Å²) in [4.78, 5) is 43.8. The third-order valence-corrected chi connectivity index (χ3v) is 7.40. The van der Waals surface area contributed by atoms with Crippen molar-refractivity contribution in [1.29, 1.82) is 0 Å². The maximum absolute atomic E-state index is 13.4. The minimum absolute atomic E-state index is 0.0462. The van der Waals surface area contributed by atoms with Crippen molar-refractivity contribution in [3.8, 4) is 0 Å². The minimum atomic E-state index is -0.412. The first kappa shape index (κ1) is 23.2. The van der Waals surface area contributed by atoms with Crippen LogP contribution in [0.15, 0.2) is 77.7 Å². The molecule has 2 aliphatic rings. The van der Waals surface area contributed by atoms with Gasteiger partial charge in [0.15, 0.2) is 0 Å². The van der Waals surface area contributed by atoms with Crippen LogP contribution in [0.2, 0.25) is 0 Å². The number of amides is 3. The predicted octanol–water partition coefficient (Wildman–Crippen LogP) is 4.49. The summed E-state index contributed by atoms with van der Waals surface area (Å²) < 4.78 is 0. The molecular weight excluding hydrogens is 458 g/mol. The van der Waals surface area contributed by atoms with Gasteiger partial charge in [0, 0.05) is 23.5 Å². The number of nitrogens with zero attached hydrogens (tertiary/aromatic N) is 2. The van der Waals surface area contributed by atoms with Crippen LogP contribution in [-0.2, 0) is 17.9 Å². The van der Waals surface area contributed by atoms with Crippen molar-refractivity contribution >= 4 is 35.2 Å². The predicted molar refractivity (Wildman–Crippen MR) is 138 cm³/mol. The first-order valence-corrected chi connectivity index (χ1v) is 13.0. The van der Waals surface area contributed by atoms with E-state index < -0.39 is 6.04 Å². The molecule has 7 heteroatoms. The second-order valence-electron chi connectivity index (χ2n) is 8.83. The van der Waals surface area contributed by atoms with Crippen LogP contribution in [-0.4, -0.2) is 41.5 Å². The van der Waals surface area contributed by atoms with E-state index in [0.29, 0.717) is 42.9 Å². The third kappa shape index (κ3) is 4.68. The maximum atomic E-state index is 13.4. The fraction of sp³-hybridized carbons (Fsp3) is 0.250. The molecule has 1 fully saturated rings. The van der Waals surface area contributed by atoms with Crippen LogP contribution in [0.1, 0.15) is 44.7 Å². The molecule has 6 nitrogen and oxygen atoms in total. The van der Waals surface area contributed by atoms with E-state index in [1.165, 1.54) is 4.90 Å². The molecule has 1 N–H and O–H groups in total. The number of carbonyl (C=O) groups is 3. The third-order valence-electron chi connectivity index (χ3n) is 6.66. The number of thioether (sulfide) groups is 1. The smallest absolute Gasteiger partial charge is 0.256 e. The zero-order chi connectivity index (χ0) is 24.4. The Labute approximate surface area is 209 Å². The highest BCUT2D eigenvalue weighted by molar-refractivity contribution is 7.98. The highest BCUT2D eigenvalue weighted by Crippen LogP contribution is 2.33. The Bertz CT molecular complexity index is 1260. The van der Waals surface area contributed by atoms with Crippen LogP contribution in [0.3, 0.4) is 0 Å². The Hall–Kier alpha value is -3.58. The molecule has 1 atom stereocenters. The number of nitrogens with one attached hydrogen (secondary N) is 1. The Morgan fingerprint density at radius 3 is 2.43 bits per heavy atom. The van der Waals surface area contributed by atoms with Crippen LogP contribution in [0.25, 0.3) is 0 Å². The average Bonchev–Trinajstić information content (AvgIpc) is 3.38. The van der Waals surface area contributed by atoms with Crippen LogP contribution in [0, 0.1) is 0 Å². The molecule has 0 aromatic heterocycles. The van der Waals surface area contributed by atoms with Gasteiger partial charge in [0.05, 0.1) is 17.8 Å². The lowest BCUT2D eigenvalue weighted by molar-refractivity contribution is -0.122. The van der Waals surface area contributed by atoms with E-state index >= 15 is 0 Å². The summed E-state index contributed by atoms with van der Waals surface area (Å²) in [6, 6.07) is 22.3. The molecular formula is C28H27N3O3S. The lowest BCUT2D eigenvalue weighted by atomic mass is 10.1. The van der Waals surface area contributed by atoms with Gasteiger partial charge in [-0.3, -0.25) is 14.4 Å². The molecule has 0 bridgehead atoms. The number of carbonyl (C=O) groups excluding carboxylic acids is 3. The number of anilines is 1. The molecule has 35 heavy (non-hydrogen) atoms. The van der Waals surface area contributed by atoms with Crippen molar-refractivity contribution in [2.24, 2.45) is 0 Å². The quantitative estimate of drug-likeness (QED) is 0.523. The van der Waals surface area contributed by atoms with Gasteiger partial charge in [-0.25, -0.2) is 0 Å². The summed E-state index contributed by atoms with van der Waals surface area (Å²) in [5.41, 5.74) is 3.71. The van der Waals surface area contributed by atoms with Crippen molar-refractivity contribution < 1.29 is 14.4 Å². The maximum Gasteiger partial charge on any atom is 0.256 e. The highest BCUT2D eigenvalue weighted by Gasteiger charge is 2.41. The first-order chi connectivity index (χ1) is 17.0. The molecule has 0 saturated carbocycles. The van der Waals surface area contributed by atoms with Crippen molar-refractivity contribution in [3.63, 3.8) is 0 Å². The number of benzene rings is 3. The molecule has 2 heterocycles. The largest absolute Gasteiger partial charge is 0.348 e. The monoisotopic (exact) mass is 485 g/mol. The summed E-state index contributed by atoms with van der Waals surface area (Å²) in [7, 11) is 0. The summed E-state index contributed by atoms with van der Waals surface area (Å²) in [5.74, 6) is -0.266. The zero-order valence-electron chi connectivity index (χ0n) is 19.6. The highest BCUT2D eigenvalue weighted by atomic mass is 32.2. The molecule has 2 aliphatic heterocycles. The van der Waals surface area contributed by atoms with Crippen LogP contribution in [0.5, 0.6) is 0 Å². The summed E-state index contributed by atoms with van der Waals surface area (Å²) in [6.45, 7) is 1.42. The van der Waals surface area contributed by atoms with E-state index in [1.807, 2.05) is 60.9 Å². The van der Waals surface area contributed by atoms with Crippen molar-refractivity contribution in [2.45, 2.75) is 36.9 Å². The summed E-state index contributed by atoms with van der Waals surface area (Å²) in [6.07, 6.45) is 3.56. The Kier molecular flexibility index (Phi) is 6.59. The number of fused-ring (bicyclic) bond motifs is 2. The number of rotatable bonds is 6. The fourth-order valence-electron chi connectivity index (χ4n) is 4.74. The van der Waals surface area contributed by atoms with Crippen LogP contribution < -0.4 is 10.2 Å². The molecule has 0 aliphatic carbocycles. The minimum Gasteiger partial charge on any atom is -0.348 e. The van der Waals surface area contributed by atoms with Gasteiger partial charge in [0.25, 0.3) is 11.8 Å². The van der Waals surface area contributed by atoms with E-state index in [-0.39, 0.29) is 17.7 Å². The first-order valence-electron chi connectivity index (χ1n) is 11.8. The van der Waals surface area contributed by atoms with Gasteiger partial charge in [0.2, 0.25) is 5.91 Å². The number of hydrogen-bond acceptors (Lipinski definition) is 4. The number of hydrogen-bond donors (Lipinski definition) is 1. The van der Waals surface area contributed by atoms with Gasteiger partial charge in [-0.2, -0.15) is 0 Å². The summed E-state index contributed by atoms with van der Waals surface area (Å²) in [5, 5.41) is 2.96. The SMILES string of the molecule is CSc1ccc(CNC(=O)c2ccc(CN3C(=O)[C@H]4CCCN4C(=O)c4ccccc43)cc2)cc1. The molecule has 3 aromatic rings. The van der Waals surface area contributed by atoms with Gasteiger partial charge in [-0.1, -0.05) is 36.4 Å². The molecule has 3 amide bonds. The van der Waals surface area contributed by atoms with Gasteiger partial charge >= 0.3 is 0 Å². The molecule has 0 unspecified atom stereocenters. The Morgan fingerprint density at radius 1 is 0.971 bits per heavy atom. The van der Waals surface area contributed by atoms with Gasteiger partial charge in [-0.15, -0.1) is 11.8 Å². The van der Waals surface area contributed by atoms with Gasteiger partial charge < -0.3 is 15.1 Å². The second-order valence-corrected chi connectivity index (χ2v) is 9.71. The van der Waals surface area contributed by atoms with E-state index in [1.54, 1.807) is 39.8 Å². The fourth-order valence-corrected chi connectivity index (χ4v) is 5.15. The van der Waals surface area contributed by atoms with E-state index in [0.717, 1.165) is 17.5 Å². The average molecular weight is 486 g/mol. The zero-order valence-corrected chi connectivity index (χ0v) is 20.4. The molecule has 0 spiro atoms. The topological polar surface area (TPSA) is 69.7 Å². The molecule has 0 radical (unpaired) electrons. The Balaban J connectivity index is 1.30. The number of para-hydroxylation sites is 1. The van der Waals surface area contributed by atoms with Crippen LogP contribution >= 0.6 is 11.8 Å². The van der Waals surface area contributed by atoms with E-state index in [2.05, 4.69) is 5.32 Å². The standard InChI is InChI=1S/C28H27N3O3S/c1-35-22-14-10-19(11-15-22)17-29-26(32)21-12-8-20(9-13-21)18-31-24-6-3-2-5-23(24)27(33)30-16-4-7-25(30)28(31)34/h2-3,5-6,8-15,25H,4,7,16-18H2,1H3,(H,29,32)/t25-/m1/s1. The van der Waals surface area contributed by atoms with E-state index in [4.69, 9.17) is 0 Å². The summed E-state index contributed by atoms with van der Waals surface area (Å²) >= 11 is 1.68. The normalized spacial score (nSPS) is 17.1. The van der Waals surface area contributed by atoms with Gasteiger partial charge in [0.1, 0.15) is 6.04 Å². The molecule has 1 saturated heterocycles. The molecule has 3 aromatic carbocycles.